The molecule has 0 aliphatic carbocycles. The van der Waals surface area contributed by atoms with Crippen LogP contribution in [0.25, 0.3) is 21.9 Å². The lowest BCUT2D eigenvalue weighted by Gasteiger charge is -2.04. The lowest BCUT2D eigenvalue weighted by molar-refractivity contribution is 0.0520. The van der Waals surface area contributed by atoms with Crippen LogP contribution in [0.2, 0.25) is 0 Å². The second kappa shape index (κ2) is 5.21. The maximum absolute atomic E-state index is 11.7. The number of benzene rings is 2. The Morgan fingerprint density at radius 2 is 1.95 bits per heavy atom. The number of fused-ring (bicyclic) bond motifs is 1. The molecule has 20 heavy (non-hydrogen) atoms. The second-order valence-electron chi connectivity index (χ2n) is 4.55. The summed E-state index contributed by atoms with van der Waals surface area (Å²) in [4.78, 5) is 14.7. The molecular formula is C17H15NO2. The summed E-state index contributed by atoms with van der Waals surface area (Å²) >= 11 is 0. The van der Waals surface area contributed by atoms with E-state index in [-0.39, 0.29) is 5.97 Å². The Balaban J connectivity index is 2.06. The van der Waals surface area contributed by atoms with E-state index >= 15 is 0 Å². The Labute approximate surface area is 117 Å². The van der Waals surface area contributed by atoms with Crippen molar-refractivity contribution < 1.29 is 9.53 Å². The lowest BCUT2D eigenvalue weighted by atomic mass is 10.0. The van der Waals surface area contributed by atoms with Crippen molar-refractivity contribution >= 4 is 16.7 Å². The molecule has 0 bridgehead atoms. The molecule has 1 N–H and O–H groups in total. The number of esters is 1. The molecule has 3 nitrogen and oxygen atoms in total. The molecule has 1 heterocycles. The van der Waals surface area contributed by atoms with Crippen LogP contribution in [0, 0.1) is 0 Å². The van der Waals surface area contributed by atoms with Gasteiger partial charge in [0.25, 0.3) is 0 Å². The predicted octanol–water partition coefficient (Wildman–Crippen LogP) is 4.01. The minimum absolute atomic E-state index is 0.320. The van der Waals surface area contributed by atoms with Gasteiger partial charge in [0.15, 0.2) is 0 Å². The van der Waals surface area contributed by atoms with Gasteiger partial charge in [-0.05, 0) is 29.3 Å². The molecule has 0 spiro atoms. The number of H-pyrrole nitrogens is 1. The standard InChI is InChI=1S/C17H15NO2/c1-2-20-17(19)16-10-13(11-18-16)15-9-5-7-12-6-3-4-8-14(12)15/h3-11,18H,2H2,1H3. The number of rotatable bonds is 3. The zero-order chi connectivity index (χ0) is 13.9. The first-order valence-corrected chi connectivity index (χ1v) is 6.63. The van der Waals surface area contributed by atoms with Gasteiger partial charge in [0.05, 0.1) is 6.61 Å². The number of nitrogens with one attached hydrogen (secondary N) is 1. The van der Waals surface area contributed by atoms with Gasteiger partial charge in [-0.3, -0.25) is 0 Å². The largest absolute Gasteiger partial charge is 0.461 e. The molecule has 1 aromatic heterocycles. The monoisotopic (exact) mass is 265 g/mol. The highest BCUT2D eigenvalue weighted by molar-refractivity contribution is 5.98. The second-order valence-corrected chi connectivity index (χ2v) is 4.55. The van der Waals surface area contributed by atoms with Crippen molar-refractivity contribution in [2.75, 3.05) is 6.61 Å². The van der Waals surface area contributed by atoms with Crippen LogP contribution >= 0.6 is 0 Å². The van der Waals surface area contributed by atoms with E-state index in [1.165, 1.54) is 10.8 Å². The van der Waals surface area contributed by atoms with Gasteiger partial charge in [-0.25, -0.2) is 4.79 Å². The van der Waals surface area contributed by atoms with Gasteiger partial charge < -0.3 is 9.72 Å². The van der Waals surface area contributed by atoms with Crippen molar-refractivity contribution in [3.8, 4) is 11.1 Å². The molecule has 0 atom stereocenters. The van der Waals surface area contributed by atoms with Crippen LogP contribution in [0.5, 0.6) is 0 Å². The van der Waals surface area contributed by atoms with Crippen molar-refractivity contribution in [3.05, 3.63) is 60.4 Å². The third kappa shape index (κ3) is 2.18. The molecule has 0 unspecified atom stereocenters. The molecule has 0 saturated heterocycles. The number of carbonyl (C=O) groups is 1. The summed E-state index contributed by atoms with van der Waals surface area (Å²) in [6, 6.07) is 16.2. The van der Waals surface area contributed by atoms with Crippen LogP contribution in [0.3, 0.4) is 0 Å². The zero-order valence-corrected chi connectivity index (χ0v) is 11.2. The van der Waals surface area contributed by atoms with Crippen LogP contribution in [-0.4, -0.2) is 17.6 Å². The van der Waals surface area contributed by atoms with E-state index in [9.17, 15) is 4.79 Å². The Bertz CT molecular complexity index is 753. The molecule has 3 rings (SSSR count). The van der Waals surface area contributed by atoms with E-state index in [0.29, 0.717) is 12.3 Å². The van der Waals surface area contributed by atoms with Gasteiger partial charge in [-0.1, -0.05) is 42.5 Å². The summed E-state index contributed by atoms with van der Waals surface area (Å²) in [5.74, 6) is -0.320. The summed E-state index contributed by atoms with van der Waals surface area (Å²) in [7, 11) is 0. The van der Waals surface area contributed by atoms with Gasteiger partial charge in [0.1, 0.15) is 5.69 Å². The molecule has 0 fully saturated rings. The van der Waals surface area contributed by atoms with E-state index in [0.717, 1.165) is 11.1 Å². The first kappa shape index (κ1) is 12.5. The topological polar surface area (TPSA) is 42.1 Å². The van der Waals surface area contributed by atoms with Crippen molar-refractivity contribution in [3.63, 3.8) is 0 Å². The molecule has 2 aromatic carbocycles. The van der Waals surface area contributed by atoms with E-state index in [4.69, 9.17) is 4.74 Å². The van der Waals surface area contributed by atoms with Crippen molar-refractivity contribution in [1.82, 2.24) is 4.98 Å². The first-order chi connectivity index (χ1) is 9.79. The SMILES string of the molecule is CCOC(=O)c1cc(-c2cccc3ccccc23)c[nH]1. The van der Waals surface area contributed by atoms with Crippen molar-refractivity contribution in [1.29, 1.82) is 0 Å². The zero-order valence-electron chi connectivity index (χ0n) is 11.2. The normalized spacial score (nSPS) is 10.7. The predicted molar refractivity (Wildman–Crippen MR) is 79.7 cm³/mol. The Morgan fingerprint density at radius 1 is 1.15 bits per heavy atom. The van der Waals surface area contributed by atoms with E-state index in [1.807, 2.05) is 30.5 Å². The molecule has 0 aliphatic heterocycles. The minimum Gasteiger partial charge on any atom is -0.461 e. The molecule has 0 radical (unpaired) electrons. The summed E-state index contributed by atoms with van der Waals surface area (Å²) in [5.41, 5.74) is 2.58. The Kier molecular flexibility index (Phi) is 3.25. The van der Waals surface area contributed by atoms with Crippen LogP contribution in [-0.2, 0) is 4.74 Å². The molecule has 100 valence electrons. The fourth-order valence-corrected chi connectivity index (χ4v) is 2.35. The Hall–Kier alpha value is -2.55. The highest BCUT2D eigenvalue weighted by Gasteiger charge is 2.11. The van der Waals surface area contributed by atoms with Gasteiger partial charge in [-0.15, -0.1) is 0 Å². The fraction of sp³-hybridized carbons (Fsp3) is 0.118. The minimum atomic E-state index is -0.320. The molecule has 3 heteroatoms. The fourth-order valence-electron chi connectivity index (χ4n) is 2.35. The average Bonchev–Trinajstić information content (AvgIpc) is 2.97. The van der Waals surface area contributed by atoms with Gasteiger partial charge in [0.2, 0.25) is 0 Å². The van der Waals surface area contributed by atoms with Crippen LogP contribution in [0.15, 0.2) is 54.7 Å². The van der Waals surface area contributed by atoms with Gasteiger partial charge >= 0.3 is 5.97 Å². The maximum atomic E-state index is 11.7. The highest BCUT2D eigenvalue weighted by Crippen LogP contribution is 2.29. The number of aromatic amines is 1. The third-order valence-electron chi connectivity index (χ3n) is 3.28. The van der Waals surface area contributed by atoms with Gasteiger partial charge in [-0.2, -0.15) is 0 Å². The summed E-state index contributed by atoms with van der Waals surface area (Å²) < 4.78 is 4.99. The highest BCUT2D eigenvalue weighted by atomic mass is 16.5. The average molecular weight is 265 g/mol. The quantitative estimate of drug-likeness (QED) is 0.727. The van der Waals surface area contributed by atoms with Crippen LogP contribution < -0.4 is 0 Å². The lowest BCUT2D eigenvalue weighted by Crippen LogP contribution is -2.04. The van der Waals surface area contributed by atoms with E-state index < -0.39 is 0 Å². The molecule has 3 aromatic rings. The number of hydrogen-bond donors (Lipinski definition) is 1. The summed E-state index contributed by atoms with van der Waals surface area (Å²) in [6.45, 7) is 2.17. The summed E-state index contributed by atoms with van der Waals surface area (Å²) in [5, 5.41) is 2.35. The maximum Gasteiger partial charge on any atom is 0.354 e. The number of carbonyl (C=O) groups excluding carboxylic acids is 1. The van der Waals surface area contributed by atoms with Crippen molar-refractivity contribution in [2.24, 2.45) is 0 Å². The van der Waals surface area contributed by atoms with Crippen molar-refractivity contribution in [2.45, 2.75) is 6.92 Å². The molecular weight excluding hydrogens is 250 g/mol. The van der Waals surface area contributed by atoms with Crippen LogP contribution in [0.1, 0.15) is 17.4 Å². The smallest absolute Gasteiger partial charge is 0.354 e. The van der Waals surface area contributed by atoms with Crippen LogP contribution in [0.4, 0.5) is 0 Å². The number of hydrogen-bond acceptors (Lipinski definition) is 2. The first-order valence-electron chi connectivity index (χ1n) is 6.63. The van der Waals surface area contributed by atoms with E-state index in [2.05, 4.69) is 29.2 Å². The number of aromatic nitrogens is 1. The molecule has 0 aliphatic rings. The van der Waals surface area contributed by atoms with Gasteiger partial charge in [0, 0.05) is 11.8 Å². The van der Waals surface area contributed by atoms with E-state index in [1.54, 1.807) is 6.92 Å². The number of ether oxygens (including phenoxy) is 1. The summed E-state index contributed by atoms with van der Waals surface area (Å²) in [6.07, 6.45) is 1.84. The molecule has 0 amide bonds. The Morgan fingerprint density at radius 3 is 2.80 bits per heavy atom. The third-order valence-corrected chi connectivity index (χ3v) is 3.28. The molecule has 0 saturated carbocycles.